The van der Waals surface area contributed by atoms with Gasteiger partial charge in [0.1, 0.15) is 12.2 Å². The van der Waals surface area contributed by atoms with Crippen LogP contribution in [0.25, 0.3) is 0 Å². The van der Waals surface area contributed by atoms with Crippen LogP contribution < -0.4 is 0 Å². The highest BCUT2D eigenvalue weighted by Crippen LogP contribution is 2.41. The van der Waals surface area contributed by atoms with Gasteiger partial charge in [-0.25, -0.2) is 4.79 Å². The zero-order chi connectivity index (χ0) is 20.2. The van der Waals surface area contributed by atoms with E-state index in [2.05, 4.69) is 6.92 Å². The van der Waals surface area contributed by atoms with Crippen LogP contribution in [0.15, 0.2) is 0 Å². The maximum atomic E-state index is 12.3. The van der Waals surface area contributed by atoms with Gasteiger partial charge in [0, 0.05) is 5.92 Å². The van der Waals surface area contributed by atoms with Gasteiger partial charge in [-0.05, 0) is 51.9 Å². The summed E-state index contributed by atoms with van der Waals surface area (Å²) in [6, 6.07) is 0. The van der Waals surface area contributed by atoms with Crippen LogP contribution in [0.5, 0.6) is 0 Å². The second-order valence-electron chi connectivity index (χ2n) is 8.38. The number of rotatable bonds is 7. The maximum Gasteiger partial charge on any atom is 0.344 e. The molecule has 0 aromatic carbocycles. The molecular weight excluding hydrogens is 348 g/mol. The predicted octanol–water partition coefficient (Wildman–Crippen LogP) is 3.66. The zero-order valence-corrected chi connectivity index (χ0v) is 17.3. The fraction of sp³-hybridized carbons (Fsp3) is 0.857. The molecule has 2 rings (SSSR count). The van der Waals surface area contributed by atoms with Crippen molar-refractivity contribution >= 4 is 17.9 Å². The molecule has 1 aliphatic carbocycles. The summed E-state index contributed by atoms with van der Waals surface area (Å²) in [6.45, 7) is 9.17. The van der Waals surface area contributed by atoms with Crippen LogP contribution in [-0.4, -0.2) is 36.7 Å². The second-order valence-corrected chi connectivity index (χ2v) is 8.38. The van der Waals surface area contributed by atoms with Crippen molar-refractivity contribution in [2.24, 2.45) is 23.2 Å². The van der Waals surface area contributed by atoms with Gasteiger partial charge in [-0.1, -0.05) is 27.2 Å². The number of hydrogen-bond donors (Lipinski definition) is 0. The van der Waals surface area contributed by atoms with Gasteiger partial charge in [0.05, 0.1) is 11.3 Å². The molecule has 6 heteroatoms. The molecule has 0 N–H and O–H groups in total. The van der Waals surface area contributed by atoms with Crippen LogP contribution >= 0.6 is 0 Å². The highest BCUT2D eigenvalue weighted by atomic mass is 16.6. The molecule has 1 saturated carbocycles. The first-order chi connectivity index (χ1) is 12.7. The Kier molecular flexibility index (Phi) is 7.29. The molecule has 2 aliphatic rings. The van der Waals surface area contributed by atoms with E-state index in [0.717, 1.165) is 19.3 Å². The highest BCUT2D eigenvalue weighted by Gasteiger charge is 2.45. The van der Waals surface area contributed by atoms with Gasteiger partial charge in [0.2, 0.25) is 0 Å². The number of cyclic esters (lactones) is 1. The van der Waals surface area contributed by atoms with Crippen molar-refractivity contribution in [1.29, 1.82) is 0 Å². The number of esters is 3. The first-order valence-corrected chi connectivity index (χ1v) is 10.3. The monoisotopic (exact) mass is 382 g/mol. The molecule has 5 unspecified atom stereocenters. The van der Waals surface area contributed by atoms with E-state index in [9.17, 15) is 14.4 Å². The van der Waals surface area contributed by atoms with Gasteiger partial charge in [-0.15, -0.1) is 0 Å². The SMILES string of the molecule is CCC1CC2CC(C1)C(OC(=O)COC(=O)C(C)(CC)CC)C(C)OC2=O. The van der Waals surface area contributed by atoms with E-state index in [4.69, 9.17) is 14.2 Å². The smallest absolute Gasteiger partial charge is 0.344 e. The molecule has 2 fully saturated rings. The van der Waals surface area contributed by atoms with Gasteiger partial charge < -0.3 is 14.2 Å². The van der Waals surface area contributed by atoms with Crippen molar-refractivity contribution in [3.63, 3.8) is 0 Å². The van der Waals surface area contributed by atoms with E-state index in [-0.39, 0.29) is 23.8 Å². The number of fused-ring (bicyclic) bond motifs is 2. The highest BCUT2D eigenvalue weighted by molar-refractivity contribution is 5.80. The summed E-state index contributed by atoms with van der Waals surface area (Å²) in [7, 11) is 0. The molecule has 0 amide bonds. The van der Waals surface area contributed by atoms with Crippen molar-refractivity contribution in [3.8, 4) is 0 Å². The lowest BCUT2D eigenvalue weighted by atomic mass is 9.72. The summed E-state index contributed by atoms with van der Waals surface area (Å²) in [5, 5.41) is 0. The minimum Gasteiger partial charge on any atom is -0.458 e. The van der Waals surface area contributed by atoms with Crippen molar-refractivity contribution in [1.82, 2.24) is 0 Å². The lowest BCUT2D eigenvalue weighted by molar-refractivity contribution is -0.176. The summed E-state index contributed by atoms with van der Waals surface area (Å²) in [5.41, 5.74) is -0.587. The van der Waals surface area contributed by atoms with Gasteiger partial charge >= 0.3 is 17.9 Å². The van der Waals surface area contributed by atoms with Crippen LogP contribution in [-0.2, 0) is 28.6 Å². The minimum absolute atomic E-state index is 0.103. The Labute approximate surface area is 162 Å². The Morgan fingerprint density at radius 1 is 1.15 bits per heavy atom. The Bertz CT molecular complexity index is 553. The first-order valence-electron chi connectivity index (χ1n) is 10.3. The average molecular weight is 382 g/mol. The van der Waals surface area contributed by atoms with E-state index in [0.29, 0.717) is 25.2 Å². The quantitative estimate of drug-likeness (QED) is 0.494. The Morgan fingerprint density at radius 2 is 1.81 bits per heavy atom. The van der Waals surface area contributed by atoms with E-state index in [1.807, 2.05) is 20.8 Å². The average Bonchev–Trinajstić information content (AvgIpc) is 2.75. The fourth-order valence-corrected chi connectivity index (χ4v) is 4.22. The molecule has 0 aromatic heterocycles. The topological polar surface area (TPSA) is 78.9 Å². The fourth-order valence-electron chi connectivity index (χ4n) is 4.22. The van der Waals surface area contributed by atoms with Crippen LogP contribution in [0.4, 0.5) is 0 Å². The summed E-state index contributed by atoms with van der Waals surface area (Å²) < 4.78 is 16.4. The summed E-state index contributed by atoms with van der Waals surface area (Å²) in [4.78, 5) is 36.9. The largest absolute Gasteiger partial charge is 0.458 e. The van der Waals surface area contributed by atoms with Crippen LogP contribution in [0, 0.1) is 23.2 Å². The predicted molar refractivity (Wildman–Crippen MR) is 99.7 cm³/mol. The van der Waals surface area contributed by atoms with Crippen LogP contribution in [0.2, 0.25) is 0 Å². The second kappa shape index (κ2) is 9.07. The van der Waals surface area contributed by atoms with Gasteiger partial charge in [-0.3, -0.25) is 9.59 Å². The number of ether oxygens (including phenoxy) is 3. The number of carbonyl (C=O) groups is 3. The summed E-state index contributed by atoms with van der Waals surface area (Å²) in [6.07, 6.45) is 3.80. The molecule has 1 aliphatic heterocycles. The maximum absolute atomic E-state index is 12.3. The van der Waals surface area contributed by atoms with Gasteiger partial charge in [-0.2, -0.15) is 0 Å². The Balaban J connectivity index is 1.98. The van der Waals surface area contributed by atoms with E-state index in [1.54, 1.807) is 6.92 Å². The third-order valence-electron chi connectivity index (χ3n) is 6.62. The lowest BCUT2D eigenvalue weighted by Crippen LogP contribution is -2.39. The van der Waals surface area contributed by atoms with Crippen LogP contribution in [0.1, 0.15) is 73.1 Å². The molecule has 154 valence electrons. The summed E-state index contributed by atoms with van der Waals surface area (Å²) >= 11 is 0. The Morgan fingerprint density at radius 3 is 2.41 bits per heavy atom. The number of hydrogen-bond acceptors (Lipinski definition) is 6. The first kappa shape index (κ1) is 21.7. The molecule has 5 atom stereocenters. The minimum atomic E-state index is -0.587. The molecule has 0 radical (unpaired) electrons. The Hall–Kier alpha value is -1.59. The van der Waals surface area contributed by atoms with Gasteiger partial charge in [0.15, 0.2) is 6.61 Å². The summed E-state index contributed by atoms with van der Waals surface area (Å²) in [5.74, 6) is -0.701. The molecule has 6 nitrogen and oxygen atoms in total. The number of carbonyl (C=O) groups excluding carboxylic acids is 3. The normalized spacial score (nSPS) is 30.9. The molecule has 0 aromatic rings. The van der Waals surface area contributed by atoms with Crippen LogP contribution in [0.3, 0.4) is 0 Å². The molecule has 1 saturated heterocycles. The molecule has 0 spiro atoms. The van der Waals surface area contributed by atoms with Gasteiger partial charge in [0.25, 0.3) is 0 Å². The third kappa shape index (κ3) is 5.02. The van der Waals surface area contributed by atoms with Crippen molar-refractivity contribution < 1.29 is 28.6 Å². The lowest BCUT2D eigenvalue weighted by Gasteiger charge is -2.34. The van der Waals surface area contributed by atoms with Crippen molar-refractivity contribution in [2.75, 3.05) is 6.61 Å². The van der Waals surface area contributed by atoms with E-state index < -0.39 is 30.2 Å². The molecule has 27 heavy (non-hydrogen) atoms. The molecular formula is C21H34O6. The standard InChI is InChI=1S/C21H34O6/c1-6-14-9-15-11-16(10-14)19(23)26-13(4)18(15)27-17(22)12-25-20(24)21(5,7-2)8-3/h13-16,18H,6-12H2,1-5H3. The third-order valence-corrected chi connectivity index (χ3v) is 6.62. The van der Waals surface area contributed by atoms with E-state index in [1.165, 1.54) is 0 Å². The van der Waals surface area contributed by atoms with Crippen molar-refractivity contribution in [2.45, 2.75) is 85.4 Å². The van der Waals surface area contributed by atoms with E-state index >= 15 is 0 Å². The molecule has 1 heterocycles. The zero-order valence-electron chi connectivity index (χ0n) is 17.3. The molecule has 2 bridgehead atoms. The van der Waals surface area contributed by atoms with Crippen molar-refractivity contribution in [3.05, 3.63) is 0 Å².